The van der Waals surface area contributed by atoms with Crippen LogP contribution in [0.15, 0.2) is 59.7 Å². The van der Waals surface area contributed by atoms with E-state index in [4.69, 9.17) is 4.74 Å². The van der Waals surface area contributed by atoms with Gasteiger partial charge in [0.2, 0.25) is 11.2 Å². The van der Waals surface area contributed by atoms with Gasteiger partial charge in [-0.05, 0) is 56.0 Å². The number of rotatable bonds is 1. The van der Waals surface area contributed by atoms with Gasteiger partial charge in [0.1, 0.15) is 19.3 Å². The highest BCUT2D eigenvalue weighted by atomic mass is 19.2. The lowest BCUT2D eigenvalue weighted by atomic mass is 9.74. The fourth-order valence-corrected chi connectivity index (χ4v) is 5.49. The van der Waals surface area contributed by atoms with Crippen molar-refractivity contribution in [1.82, 2.24) is 14.6 Å². The zero-order valence-electron chi connectivity index (χ0n) is 20.0. The largest absolute Gasteiger partial charge is 0.502 e. The van der Waals surface area contributed by atoms with E-state index in [0.29, 0.717) is 18.5 Å². The van der Waals surface area contributed by atoms with Gasteiger partial charge in [0.05, 0.1) is 11.2 Å². The Bertz CT molecular complexity index is 1510. The number of aryl methyl sites for hydroxylation is 1. The Morgan fingerprint density at radius 2 is 1.97 bits per heavy atom. The molecule has 0 radical (unpaired) electrons. The van der Waals surface area contributed by atoms with Crippen molar-refractivity contribution in [3.63, 3.8) is 0 Å². The minimum Gasteiger partial charge on any atom is -0.502 e. The highest BCUT2D eigenvalue weighted by Gasteiger charge is 2.49. The van der Waals surface area contributed by atoms with Gasteiger partial charge in [0.25, 0.3) is 5.91 Å². The summed E-state index contributed by atoms with van der Waals surface area (Å²) in [5.41, 5.74) is 0.0213. The fraction of sp³-hybridized carbons (Fsp3) is 0.296. The first-order valence-corrected chi connectivity index (χ1v) is 12.1. The first-order chi connectivity index (χ1) is 17.8. The van der Waals surface area contributed by atoms with Crippen LogP contribution in [0.4, 0.5) is 8.78 Å². The molecule has 1 aliphatic carbocycles. The number of aromatic nitrogens is 2. The Labute approximate surface area is 211 Å². The number of amides is 1. The third-order valence-electron chi connectivity index (χ3n) is 7.56. The molecule has 3 aliphatic rings. The molecular weight excluding hydrogens is 482 g/mol. The van der Waals surface area contributed by atoms with E-state index in [1.165, 1.54) is 16.9 Å². The summed E-state index contributed by atoms with van der Waals surface area (Å²) in [5, 5.41) is 12.5. The Morgan fingerprint density at radius 1 is 1.16 bits per heavy atom. The average Bonchev–Trinajstić information content (AvgIpc) is 2.88. The Morgan fingerprint density at radius 3 is 2.70 bits per heavy atom. The monoisotopic (exact) mass is 506 g/mol. The standard InChI is InChI=1S/C27H24F2N4O4/c1-16-5-2-12-30-21(16)22-17-6-7-18(28)20(29)25(17)37-14-4-11-27(9-3-10-27)31-15-33(22)32-13-8-19(34)24(35)23(32)26(31)36/h2,4-8,11-13,22,35H,3,9-10,14-15H2,1H3/b11-4-/t22-/m1/s1. The van der Waals surface area contributed by atoms with E-state index in [1.807, 2.05) is 19.1 Å². The summed E-state index contributed by atoms with van der Waals surface area (Å²) in [5.74, 6) is -3.61. The highest BCUT2D eigenvalue weighted by Crippen LogP contribution is 2.45. The number of pyridine rings is 2. The molecule has 1 amide bonds. The molecular formula is C27H24F2N4O4. The molecule has 8 nitrogen and oxygen atoms in total. The molecule has 2 bridgehead atoms. The van der Waals surface area contributed by atoms with Crippen LogP contribution in [0.5, 0.6) is 11.5 Å². The molecule has 4 heterocycles. The summed E-state index contributed by atoms with van der Waals surface area (Å²) in [6, 6.07) is 6.38. The van der Waals surface area contributed by atoms with Crippen LogP contribution < -0.4 is 15.2 Å². The van der Waals surface area contributed by atoms with Gasteiger partial charge in [0.15, 0.2) is 23.0 Å². The van der Waals surface area contributed by atoms with Crippen molar-refractivity contribution in [1.29, 1.82) is 0 Å². The predicted octanol–water partition coefficient (Wildman–Crippen LogP) is 3.55. The molecule has 1 N–H and O–H groups in total. The summed E-state index contributed by atoms with van der Waals surface area (Å²) < 4.78 is 36.9. The van der Waals surface area contributed by atoms with Crippen LogP contribution >= 0.6 is 0 Å². The zero-order valence-corrected chi connectivity index (χ0v) is 20.0. The van der Waals surface area contributed by atoms with Crippen LogP contribution in [0.2, 0.25) is 0 Å². The highest BCUT2D eigenvalue weighted by molar-refractivity contribution is 5.97. The van der Waals surface area contributed by atoms with E-state index in [2.05, 4.69) is 4.98 Å². The molecule has 37 heavy (non-hydrogen) atoms. The van der Waals surface area contributed by atoms with Gasteiger partial charge >= 0.3 is 0 Å². The Balaban J connectivity index is 1.69. The number of hydrogen-bond acceptors (Lipinski definition) is 6. The normalized spacial score (nSPS) is 20.8. The molecule has 0 unspecified atom stereocenters. The molecule has 1 atom stereocenters. The third-order valence-corrected chi connectivity index (χ3v) is 7.56. The van der Waals surface area contributed by atoms with Crippen LogP contribution in [0.25, 0.3) is 0 Å². The van der Waals surface area contributed by atoms with Gasteiger partial charge < -0.3 is 14.7 Å². The van der Waals surface area contributed by atoms with Gasteiger partial charge in [-0.25, -0.2) is 4.39 Å². The first-order valence-electron chi connectivity index (χ1n) is 12.1. The SMILES string of the molecule is Cc1cccnc1[C@H]1c2ccc(F)c(F)c2OC/C=C\C2(CCC2)N2CN1n1ccc(=O)c(O)c1C2=O. The van der Waals surface area contributed by atoms with Crippen molar-refractivity contribution < 1.29 is 23.4 Å². The molecule has 6 rings (SSSR count). The summed E-state index contributed by atoms with van der Waals surface area (Å²) in [6.45, 7) is 1.85. The number of carbonyl (C=O) groups is 1. The quantitative estimate of drug-likeness (QED) is 0.508. The molecule has 1 saturated carbocycles. The van der Waals surface area contributed by atoms with Crippen molar-refractivity contribution in [2.24, 2.45) is 0 Å². The molecule has 1 aromatic carbocycles. The van der Waals surface area contributed by atoms with E-state index < -0.39 is 40.3 Å². The molecule has 1 fully saturated rings. The second kappa shape index (κ2) is 8.43. The number of fused-ring (bicyclic) bond motifs is 6. The van der Waals surface area contributed by atoms with Gasteiger partial charge in [0, 0.05) is 24.0 Å². The maximum absolute atomic E-state index is 15.2. The minimum absolute atomic E-state index is 0.0393. The van der Waals surface area contributed by atoms with Crippen LogP contribution in [0.1, 0.15) is 52.6 Å². The maximum atomic E-state index is 15.2. The van der Waals surface area contributed by atoms with Gasteiger partial charge in [-0.15, -0.1) is 0 Å². The van der Waals surface area contributed by atoms with Crippen molar-refractivity contribution in [2.75, 3.05) is 18.3 Å². The van der Waals surface area contributed by atoms with Gasteiger partial charge in [-0.1, -0.05) is 12.1 Å². The van der Waals surface area contributed by atoms with Crippen molar-refractivity contribution in [3.05, 3.63) is 99.3 Å². The van der Waals surface area contributed by atoms with Crippen molar-refractivity contribution in [3.8, 4) is 11.5 Å². The lowest BCUT2D eigenvalue weighted by molar-refractivity contribution is 0.0255. The zero-order chi connectivity index (χ0) is 25.9. The molecule has 190 valence electrons. The van der Waals surface area contributed by atoms with Crippen LogP contribution in [-0.2, 0) is 0 Å². The molecule has 2 aromatic heterocycles. The minimum atomic E-state index is -1.13. The Hall–Kier alpha value is -4.21. The van der Waals surface area contributed by atoms with Crippen LogP contribution in [0.3, 0.4) is 0 Å². The second-order valence-electron chi connectivity index (χ2n) is 9.59. The topological polar surface area (TPSA) is 87.9 Å². The maximum Gasteiger partial charge on any atom is 0.278 e. The number of aromatic hydroxyl groups is 1. The summed E-state index contributed by atoms with van der Waals surface area (Å²) >= 11 is 0. The van der Waals surface area contributed by atoms with Gasteiger partial charge in [-0.2, -0.15) is 4.39 Å². The third kappa shape index (κ3) is 3.42. The molecule has 2 aliphatic heterocycles. The first kappa shape index (κ1) is 23.2. The molecule has 10 heteroatoms. The van der Waals surface area contributed by atoms with Crippen LogP contribution in [-0.4, -0.2) is 44.4 Å². The second-order valence-corrected chi connectivity index (χ2v) is 9.59. The average molecular weight is 507 g/mol. The molecule has 1 spiro atoms. The van der Waals surface area contributed by atoms with Crippen LogP contribution in [0, 0.1) is 18.6 Å². The van der Waals surface area contributed by atoms with E-state index in [1.54, 1.807) is 28.2 Å². The van der Waals surface area contributed by atoms with E-state index in [9.17, 15) is 19.1 Å². The lowest BCUT2D eigenvalue weighted by Gasteiger charge is -2.53. The summed E-state index contributed by atoms with van der Waals surface area (Å²) in [7, 11) is 0. The molecule has 3 aromatic rings. The number of hydrogen-bond donors (Lipinski definition) is 1. The number of halogens is 2. The number of ether oxygens (including phenoxy) is 1. The number of benzene rings is 1. The van der Waals surface area contributed by atoms with E-state index >= 15 is 4.39 Å². The van der Waals surface area contributed by atoms with Gasteiger partial charge in [-0.3, -0.25) is 24.3 Å². The summed E-state index contributed by atoms with van der Waals surface area (Å²) in [6.07, 6.45) is 8.77. The number of carbonyl (C=O) groups excluding carboxylic acids is 1. The van der Waals surface area contributed by atoms with E-state index in [0.717, 1.165) is 24.1 Å². The van der Waals surface area contributed by atoms with Crippen molar-refractivity contribution >= 4 is 5.91 Å². The van der Waals surface area contributed by atoms with Crippen molar-refractivity contribution in [2.45, 2.75) is 37.8 Å². The number of nitrogens with zero attached hydrogens (tertiary/aromatic N) is 4. The Kier molecular flexibility index (Phi) is 5.29. The molecule has 0 saturated heterocycles. The summed E-state index contributed by atoms with van der Waals surface area (Å²) in [4.78, 5) is 32.4. The predicted molar refractivity (Wildman–Crippen MR) is 130 cm³/mol. The fourth-order valence-electron chi connectivity index (χ4n) is 5.49. The lowest BCUT2D eigenvalue weighted by Crippen LogP contribution is -2.64. The van der Waals surface area contributed by atoms with E-state index in [-0.39, 0.29) is 30.3 Å². The smallest absolute Gasteiger partial charge is 0.278 e.